The molecule has 0 saturated carbocycles. The molecule has 0 fully saturated rings. The minimum absolute atomic E-state index is 0.221. The average molecular weight is 413 g/mol. The minimum atomic E-state index is -0.683. The third-order valence-electron chi connectivity index (χ3n) is 3.86. The number of carbonyl (C=O) groups is 1. The lowest BCUT2D eigenvalue weighted by molar-refractivity contribution is 0.0268. The Bertz CT molecular complexity index is 1070. The fourth-order valence-corrected chi connectivity index (χ4v) is 2.91. The van der Waals surface area contributed by atoms with Crippen molar-refractivity contribution in [1.29, 1.82) is 0 Å². The normalized spacial score (nSPS) is 12.2. The largest absolute Gasteiger partial charge is 0.449 e. The lowest BCUT2D eigenvalue weighted by Gasteiger charge is -2.08. The van der Waals surface area contributed by atoms with E-state index in [1.54, 1.807) is 31.6 Å². The third kappa shape index (κ3) is 3.11. The Morgan fingerprint density at radius 1 is 1.35 bits per heavy atom. The highest BCUT2D eigenvalue weighted by Gasteiger charge is 2.22. The number of carbonyl (C=O) groups excluding carboxylic acids is 1. The van der Waals surface area contributed by atoms with E-state index in [0.717, 1.165) is 20.9 Å². The van der Waals surface area contributed by atoms with Gasteiger partial charge in [-0.3, -0.25) is 4.98 Å². The maximum atomic E-state index is 12.5. The van der Waals surface area contributed by atoms with E-state index in [1.807, 2.05) is 24.3 Å². The highest BCUT2D eigenvalue weighted by molar-refractivity contribution is 9.10. The van der Waals surface area contributed by atoms with Crippen molar-refractivity contribution in [3.63, 3.8) is 0 Å². The molecule has 130 valence electrons. The molecule has 1 aromatic carbocycles. The van der Waals surface area contributed by atoms with Gasteiger partial charge in [-0.05, 0) is 37.3 Å². The van der Waals surface area contributed by atoms with Crippen LogP contribution in [0.15, 0.2) is 57.9 Å². The van der Waals surface area contributed by atoms with E-state index in [1.165, 1.54) is 0 Å². The van der Waals surface area contributed by atoms with Gasteiger partial charge in [0.05, 0.1) is 5.56 Å². The number of benzene rings is 1. The summed E-state index contributed by atoms with van der Waals surface area (Å²) in [5.41, 5.74) is 2.02. The quantitative estimate of drug-likeness (QED) is 0.502. The number of hydrogen-bond acceptors (Lipinski definition) is 6. The monoisotopic (exact) mass is 412 g/mol. The summed E-state index contributed by atoms with van der Waals surface area (Å²) in [5.74, 6) is 0.147. The first kappa shape index (κ1) is 16.5. The number of aromatic amines is 1. The zero-order valence-corrected chi connectivity index (χ0v) is 15.2. The van der Waals surface area contributed by atoms with Crippen LogP contribution in [0.1, 0.15) is 29.3 Å². The highest BCUT2D eigenvalue weighted by Crippen LogP contribution is 2.26. The van der Waals surface area contributed by atoms with Crippen molar-refractivity contribution in [2.24, 2.45) is 0 Å². The van der Waals surface area contributed by atoms with Crippen molar-refractivity contribution in [1.82, 2.24) is 20.1 Å². The van der Waals surface area contributed by atoms with Crippen molar-refractivity contribution < 1.29 is 14.1 Å². The summed E-state index contributed by atoms with van der Waals surface area (Å²) >= 11 is 3.41. The van der Waals surface area contributed by atoms with E-state index >= 15 is 0 Å². The molecule has 0 bridgehead atoms. The van der Waals surface area contributed by atoms with Gasteiger partial charge < -0.3 is 14.2 Å². The highest BCUT2D eigenvalue weighted by atomic mass is 79.9. The molecule has 7 nitrogen and oxygen atoms in total. The standard InChI is InChI=1S/C18H13BrN4O3/c1-10(17-22-16(23-26-17)11-3-2-6-20-8-11)25-18(24)14-9-21-15-5-4-12(19)7-13(14)15/h2-10,21H,1H3. The Labute approximate surface area is 156 Å². The molecule has 1 unspecified atom stereocenters. The van der Waals surface area contributed by atoms with E-state index in [2.05, 4.69) is 36.0 Å². The van der Waals surface area contributed by atoms with Crippen LogP contribution >= 0.6 is 15.9 Å². The summed E-state index contributed by atoms with van der Waals surface area (Å²) in [6.45, 7) is 1.68. The van der Waals surface area contributed by atoms with Gasteiger partial charge >= 0.3 is 5.97 Å². The molecular weight excluding hydrogens is 400 g/mol. The fourth-order valence-electron chi connectivity index (χ4n) is 2.55. The SMILES string of the molecule is CC(OC(=O)c1c[nH]c2ccc(Br)cc12)c1nc(-c2cccnc2)no1. The molecule has 0 spiro atoms. The molecule has 8 heteroatoms. The first-order valence-corrected chi connectivity index (χ1v) is 8.63. The molecule has 0 aliphatic rings. The number of ether oxygens (including phenoxy) is 1. The van der Waals surface area contributed by atoms with Gasteiger partial charge in [0.15, 0.2) is 6.10 Å². The Morgan fingerprint density at radius 2 is 2.23 bits per heavy atom. The van der Waals surface area contributed by atoms with Crippen LogP contribution in [0.25, 0.3) is 22.3 Å². The number of nitrogens with one attached hydrogen (secondary N) is 1. The van der Waals surface area contributed by atoms with Crippen molar-refractivity contribution in [2.45, 2.75) is 13.0 Å². The van der Waals surface area contributed by atoms with Gasteiger partial charge in [0.1, 0.15) is 0 Å². The average Bonchev–Trinajstić information content (AvgIpc) is 3.29. The lowest BCUT2D eigenvalue weighted by atomic mass is 10.2. The van der Waals surface area contributed by atoms with Gasteiger partial charge in [-0.15, -0.1) is 0 Å². The molecule has 3 aromatic heterocycles. The van der Waals surface area contributed by atoms with Crippen LogP contribution in [0.2, 0.25) is 0 Å². The Hall–Kier alpha value is -3.00. The first-order valence-electron chi connectivity index (χ1n) is 7.83. The van der Waals surface area contributed by atoms with Gasteiger partial charge in [0.25, 0.3) is 5.89 Å². The van der Waals surface area contributed by atoms with Crippen molar-refractivity contribution >= 4 is 32.8 Å². The minimum Gasteiger partial charge on any atom is -0.449 e. The van der Waals surface area contributed by atoms with E-state index < -0.39 is 12.1 Å². The second-order valence-corrected chi connectivity index (χ2v) is 6.55. The number of pyridine rings is 1. The van der Waals surface area contributed by atoms with Crippen LogP contribution in [0.3, 0.4) is 0 Å². The molecule has 1 atom stereocenters. The second-order valence-electron chi connectivity index (χ2n) is 5.64. The summed E-state index contributed by atoms with van der Waals surface area (Å²) in [6.07, 6.45) is 4.24. The third-order valence-corrected chi connectivity index (χ3v) is 4.35. The number of fused-ring (bicyclic) bond motifs is 1. The summed E-state index contributed by atoms with van der Waals surface area (Å²) < 4.78 is 11.6. The van der Waals surface area contributed by atoms with E-state index in [0.29, 0.717) is 11.4 Å². The van der Waals surface area contributed by atoms with Crippen LogP contribution < -0.4 is 0 Å². The van der Waals surface area contributed by atoms with Gasteiger partial charge in [-0.2, -0.15) is 4.98 Å². The number of hydrogen-bond donors (Lipinski definition) is 1. The van der Waals surface area contributed by atoms with Crippen molar-refractivity contribution in [2.75, 3.05) is 0 Å². The fraction of sp³-hybridized carbons (Fsp3) is 0.111. The molecule has 4 rings (SSSR count). The number of H-pyrrole nitrogens is 1. The molecule has 1 N–H and O–H groups in total. The Kier molecular flexibility index (Phi) is 4.26. The molecule has 0 saturated heterocycles. The summed E-state index contributed by atoms with van der Waals surface area (Å²) in [7, 11) is 0. The maximum absolute atomic E-state index is 12.5. The van der Waals surface area contributed by atoms with Crippen LogP contribution in [-0.4, -0.2) is 26.1 Å². The predicted octanol–water partition coefficient (Wildman–Crippen LogP) is 4.29. The van der Waals surface area contributed by atoms with E-state index in [-0.39, 0.29) is 5.89 Å². The molecule has 0 radical (unpaired) electrons. The first-order chi connectivity index (χ1) is 12.6. The summed E-state index contributed by atoms with van der Waals surface area (Å²) in [4.78, 5) is 23.9. The van der Waals surface area contributed by atoms with Crippen LogP contribution in [0, 0.1) is 0 Å². The molecule has 3 heterocycles. The van der Waals surface area contributed by atoms with Crippen LogP contribution in [-0.2, 0) is 4.74 Å². The number of aromatic nitrogens is 4. The Balaban J connectivity index is 1.54. The van der Waals surface area contributed by atoms with Gasteiger partial charge in [0.2, 0.25) is 5.82 Å². The number of halogens is 1. The topological polar surface area (TPSA) is 93.9 Å². The molecule has 0 aliphatic heterocycles. The van der Waals surface area contributed by atoms with E-state index in [9.17, 15) is 4.79 Å². The molecular formula is C18H13BrN4O3. The predicted molar refractivity (Wildman–Crippen MR) is 97.4 cm³/mol. The number of nitrogens with zero attached hydrogens (tertiary/aromatic N) is 3. The summed E-state index contributed by atoms with van der Waals surface area (Å²) in [6, 6.07) is 9.25. The molecule has 26 heavy (non-hydrogen) atoms. The van der Waals surface area contributed by atoms with E-state index in [4.69, 9.17) is 9.26 Å². The lowest BCUT2D eigenvalue weighted by Crippen LogP contribution is -2.09. The zero-order valence-electron chi connectivity index (χ0n) is 13.6. The second kappa shape index (κ2) is 6.72. The van der Waals surface area contributed by atoms with Crippen LogP contribution in [0.4, 0.5) is 0 Å². The van der Waals surface area contributed by atoms with Gasteiger partial charge in [-0.1, -0.05) is 21.1 Å². The molecule has 0 aliphatic carbocycles. The maximum Gasteiger partial charge on any atom is 0.341 e. The molecule has 4 aromatic rings. The van der Waals surface area contributed by atoms with Crippen LogP contribution in [0.5, 0.6) is 0 Å². The number of esters is 1. The number of rotatable bonds is 4. The smallest absolute Gasteiger partial charge is 0.341 e. The van der Waals surface area contributed by atoms with Crippen molar-refractivity contribution in [3.05, 3.63) is 64.8 Å². The van der Waals surface area contributed by atoms with Crippen molar-refractivity contribution in [3.8, 4) is 11.4 Å². The summed E-state index contributed by atoms with van der Waals surface area (Å²) in [5, 5.41) is 4.69. The van der Waals surface area contributed by atoms with Gasteiger partial charge in [0, 0.05) is 39.5 Å². The Morgan fingerprint density at radius 3 is 3.04 bits per heavy atom. The zero-order chi connectivity index (χ0) is 18.1. The molecule has 0 amide bonds. The van der Waals surface area contributed by atoms with Gasteiger partial charge in [-0.25, -0.2) is 4.79 Å².